The molecule has 0 atom stereocenters. The topological polar surface area (TPSA) is 99.4 Å². The highest BCUT2D eigenvalue weighted by molar-refractivity contribution is 9.10. The number of amides is 1. The van der Waals surface area contributed by atoms with Gasteiger partial charge in [-0.25, -0.2) is 4.79 Å². The molecule has 7 heteroatoms. The Morgan fingerprint density at radius 1 is 1.30 bits per heavy atom. The van der Waals surface area contributed by atoms with Crippen LogP contribution < -0.4 is 10.1 Å². The Hall–Kier alpha value is -3.11. The molecule has 0 heterocycles. The number of carbonyl (C=O) groups is 2. The molecule has 0 unspecified atom stereocenters. The van der Waals surface area contributed by atoms with Crippen LogP contribution in [0.4, 0.5) is 5.69 Å². The molecule has 0 bridgehead atoms. The highest BCUT2D eigenvalue weighted by atomic mass is 79.9. The van der Waals surface area contributed by atoms with Gasteiger partial charge in [0.2, 0.25) is 0 Å². The number of nitriles is 1. The van der Waals surface area contributed by atoms with Crippen LogP contribution in [0.1, 0.15) is 16.7 Å². The second kappa shape index (κ2) is 9.01. The standard InChI is InChI=1S/C20H17BrN2O4/c1-12-4-3-5-17(13(12)2)23-20(26)15(10-22)8-14-9-16(21)6-7-18(14)27-11-19(24)25/h3-9H,11H2,1-2H3,(H,23,26)(H,24,25)/b15-8+. The van der Waals surface area contributed by atoms with Gasteiger partial charge < -0.3 is 15.2 Å². The van der Waals surface area contributed by atoms with Crippen LogP contribution in [-0.2, 0) is 9.59 Å². The summed E-state index contributed by atoms with van der Waals surface area (Å²) in [6.45, 7) is 3.28. The lowest BCUT2D eigenvalue weighted by atomic mass is 10.1. The van der Waals surface area contributed by atoms with E-state index in [1.807, 2.05) is 32.0 Å². The normalized spacial score (nSPS) is 10.8. The molecular weight excluding hydrogens is 412 g/mol. The first-order valence-electron chi connectivity index (χ1n) is 7.95. The van der Waals surface area contributed by atoms with Gasteiger partial charge in [-0.2, -0.15) is 5.26 Å². The molecule has 2 aromatic rings. The van der Waals surface area contributed by atoms with Crippen molar-refractivity contribution in [2.75, 3.05) is 11.9 Å². The summed E-state index contributed by atoms with van der Waals surface area (Å²) in [5.41, 5.74) is 2.84. The third-order valence-corrected chi connectivity index (χ3v) is 4.33. The molecule has 2 aromatic carbocycles. The quantitative estimate of drug-likeness (QED) is 0.533. The third kappa shape index (κ3) is 5.43. The van der Waals surface area contributed by atoms with Crippen LogP contribution in [0.5, 0.6) is 5.75 Å². The maximum absolute atomic E-state index is 12.5. The zero-order valence-electron chi connectivity index (χ0n) is 14.7. The van der Waals surface area contributed by atoms with Crippen LogP contribution in [0.15, 0.2) is 46.4 Å². The van der Waals surface area contributed by atoms with E-state index in [1.165, 1.54) is 6.08 Å². The molecule has 0 saturated heterocycles. The summed E-state index contributed by atoms with van der Waals surface area (Å²) in [4.78, 5) is 23.3. The molecule has 0 aliphatic carbocycles. The molecule has 0 aliphatic heterocycles. The van der Waals surface area contributed by atoms with E-state index in [9.17, 15) is 14.9 Å². The molecule has 0 aliphatic rings. The van der Waals surface area contributed by atoms with Crippen LogP contribution in [0.2, 0.25) is 0 Å². The molecule has 27 heavy (non-hydrogen) atoms. The largest absolute Gasteiger partial charge is 0.481 e. The van der Waals surface area contributed by atoms with Crippen molar-refractivity contribution in [2.24, 2.45) is 0 Å². The van der Waals surface area contributed by atoms with Crippen molar-refractivity contribution >= 4 is 39.6 Å². The number of nitrogens with zero attached hydrogens (tertiary/aromatic N) is 1. The number of nitrogens with one attached hydrogen (secondary N) is 1. The van der Waals surface area contributed by atoms with Crippen molar-refractivity contribution in [3.05, 3.63) is 63.1 Å². The molecule has 138 valence electrons. The maximum atomic E-state index is 12.5. The van der Waals surface area contributed by atoms with E-state index in [2.05, 4.69) is 21.2 Å². The van der Waals surface area contributed by atoms with Crippen LogP contribution in [0.3, 0.4) is 0 Å². The molecular formula is C20H17BrN2O4. The Labute approximate surface area is 165 Å². The first-order valence-corrected chi connectivity index (χ1v) is 8.74. The molecule has 2 rings (SSSR count). The monoisotopic (exact) mass is 428 g/mol. The highest BCUT2D eigenvalue weighted by Gasteiger charge is 2.14. The highest BCUT2D eigenvalue weighted by Crippen LogP contribution is 2.26. The van der Waals surface area contributed by atoms with Gasteiger partial charge in [0.15, 0.2) is 6.61 Å². The van der Waals surface area contributed by atoms with Crippen molar-refractivity contribution in [1.29, 1.82) is 5.26 Å². The molecule has 0 aromatic heterocycles. The number of carboxylic acids is 1. The van der Waals surface area contributed by atoms with Gasteiger partial charge in [-0.05, 0) is 55.3 Å². The molecule has 0 fully saturated rings. The number of ether oxygens (including phenoxy) is 1. The molecule has 2 N–H and O–H groups in total. The average molecular weight is 429 g/mol. The first kappa shape index (κ1) is 20.2. The Balaban J connectivity index is 2.33. The number of aliphatic carboxylic acids is 1. The second-order valence-corrected chi connectivity index (χ2v) is 6.65. The Morgan fingerprint density at radius 3 is 2.70 bits per heavy atom. The van der Waals surface area contributed by atoms with Gasteiger partial charge in [-0.1, -0.05) is 28.1 Å². The summed E-state index contributed by atoms with van der Waals surface area (Å²) in [5.74, 6) is -1.43. The fraction of sp³-hybridized carbons (Fsp3) is 0.150. The zero-order valence-corrected chi connectivity index (χ0v) is 16.3. The van der Waals surface area contributed by atoms with E-state index in [1.54, 1.807) is 24.3 Å². The SMILES string of the molecule is Cc1cccc(NC(=O)/C(C#N)=C/c2cc(Br)ccc2OCC(=O)O)c1C. The molecule has 0 radical (unpaired) electrons. The van der Waals surface area contributed by atoms with Gasteiger partial charge in [0, 0.05) is 15.7 Å². The number of anilines is 1. The number of halogens is 1. The maximum Gasteiger partial charge on any atom is 0.341 e. The predicted octanol–water partition coefficient (Wildman–Crippen LogP) is 4.08. The van der Waals surface area contributed by atoms with E-state index in [4.69, 9.17) is 9.84 Å². The van der Waals surface area contributed by atoms with Crippen LogP contribution in [0.25, 0.3) is 6.08 Å². The van der Waals surface area contributed by atoms with Crippen molar-refractivity contribution < 1.29 is 19.4 Å². The van der Waals surface area contributed by atoms with Crippen LogP contribution in [0, 0.1) is 25.2 Å². The number of hydrogen-bond donors (Lipinski definition) is 2. The van der Waals surface area contributed by atoms with E-state index < -0.39 is 18.5 Å². The third-order valence-electron chi connectivity index (χ3n) is 3.84. The zero-order chi connectivity index (χ0) is 20.0. The van der Waals surface area contributed by atoms with Crippen molar-refractivity contribution in [1.82, 2.24) is 0 Å². The molecule has 0 spiro atoms. The second-order valence-electron chi connectivity index (χ2n) is 5.74. The average Bonchev–Trinajstić information content (AvgIpc) is 2.62. The summed E-state index contributed by atoms with van der Waals surface area (Å²) in [6.07, 6.45) is 1.36. The van der Waals surface area contributed by atoms with Crippen LogP contribution >= 0.6 is 15.9 Å². The number of carbonyl (C=O) groups excluding carboxylic acids is 1. The Kier molecular flexibility index (Phi) is 6.74. The van der Waals surface area contributed by atoms with E-state index in [0.29, 0.717) is 15.7 Å². The van der Waals surface area contributed by atoms with E-state index in [-0.39, 0.29) is 11.3 Å². The number of rotatable bonds is 6. The minimum Gasteiger partial charge on any atom is -0.481 e. The summed E-state index contributed by atoms with van der Waals surface area (Å²) < 4.78 is 5.92. The summed E-state index contributed by atoms with van der Waals surface area (Å²) in [6, 6.07) is 12.3. The summed E-state index contributed by atoms with van der Waals surface area (Å²) >= 11 is 3.31. The fourth-order valence-electron chi connectivity index (χ4n) is 2.28. The lowest BCUT2D eigenvalue weighted by Gasteiger charge is -2.11. The Bertz CT molecular complexity index is 961. The summed E-state index contributed by atoms with van der Waals surface area (Å²) in [7, 11) is 0. The number of hydrogen-bond acceptors (Lipinski definition) is 4. The lowest BCUT2D eigenvalue weighted by Crippen LogP contribution is -2.15. The predicted molar refractivity (Wildman–Crippen MR) is 105 cm³/mol. The van der Waals surface area contributed by atoms with Gasteiger partial charge in [0.05, 0.1) is 0 Å². The minimum atomic E-state index is -1.12. The number of aryl methyl sites for hydroxylation is 1. The number of carboxylic acid groups (broad SMARTS) is 1. The molecule has 0 saturated carbocycles. The van der Waals surface area contributed by atoms with Gasteiger partial charge in [-0.3, -0.25) is 4.79 Å². The first-order chi connectivity index (χ1) is 12.8. The lowest BCUT2D eigenvalue weighted by molar-refractivity contribution is -0.139. The van der Waals surface area contributed by atoms with Gasteiger partial charge >= 0.3 is 5.97 Å². The fourth-order valence-corrected chi connectivity index (χ4v) is 2.66. The van der Waals surface area contributed by atoms with Crippen LogP contribution in [-0.4, -0.2) is 23.6 Å². The van der Waals surface area contributed by atoms with Gasteiger partial charge in [-0.15, -0.1) is 0 Å². The smallest absolute Gasteiger partial charge is 0.341 e. The molecule has 1 amide bonds. The van der Waals surface area contributed by atoms with Gasteiger partial charge in [0.1, 0.15) is 17.4 Å². The van der Waals surface area contributed by atoms with Crippen molar-refractivity contribution in [3.8, 4) is 11.8 Å². The van der Waals surface area contributed by atoms with Crippen molar-refractivity contribution in [2.45, 2.75) is 13.8 Å². The van der Waals surface area contributed by atoms with Crippen molar-refractivity contribution in [3.63, 3.8) is 0 Å². The van der Waals surface area contributed by atoms with Gasteiger partial charge in [0.25, 0.3) is 5.91 Å². The Morgan fingerprint density at radius 2 is 2.04 bits per heavy atom. The minimum absolute atomic E-state index is 0.130. The van der Waals surface area contributed by atoms with E-state index in [0.717, 1.165) is 11.1 Å². The number of benzene rings is 2. The van der Waals surface area contributed by atoms with E-state index >= 15 is 0 Å². The summed E-state index contributed by atoms with van der Waals surface area (Å²) in [5, 5.41) is 20.9. The molecule has 6 nitrogen and oxygen atoms in total.